The van der Waals surface area contributed by atoms with Crippen LogP contribution in [0, 0.1) is 0 Å². The fourth-order valence-electron chi connectivity index (χ4n) is 1.34. The maximum atomic E-state index is 6.10. The Morgan fingerprint density at radius 1 is 1.11 bits per heavy atom. The molecule has 0 radical (unpaired) electrons. The van der Waals surface area contributed by atoms with Crippen molar-refractivity contribution in [2.45, 2.75) is 10.9 Å². The summed E-state index contributed by atoms with van der Waals surface area (Å²) in [6.45, 7) is 0. The summed E-state index contributed by atoms with van der Waals surface area (Å²) in [4.78, 5) is 14.2. The van der Waals surface area contributed by atoms with Crippen molar-refractivity contribution in [3.05, 3.63) is 40.1 Å². The highest BCUT2D eigenvalue weighted by Crippen LogP contribution is 2.25. The van der Waals surface area contributed by atoms with Gasteiger partial charge in [0.15, 0.2) is 5.16 Å². The molecule has 1 aromatic carbocycles. The Kier molecular flexibility index (Phi) is 4.85. The van der Waals surface area contributed by atoms with Crippen LogP contribution in [0.15, 0.2) is 29.4 Å². The monoisotopic (exact) mass is 314 g/mol. The Labute approximate surface area is 126 Å². The van der Waals surface area contributed by atoms with Crippen LogP contribution in [-0.2, 0) is 5.75 Å². The molecule has 0 aliphatic carbocycles. The molecule has 0 atom stereocenters. The van der Waals surface area contributed by atoms with Crippen LogP contribution in [0.4, 0.5) is 5.95 Å². The summed E-state index contributed by atoms with van der Waals surface area (Å²) in [6, 6.07) is 7.70. The van der Waals surface area contributed by atoms with Crippen LogP contribution in [-0.4, -0.2) is 29.0 Å². The molecule has 2 rings (SSSR count). The van der Waals surface area contributed by atoms with E-state index in [1.807, 2.05) is 38.4 Å². The van der Waals surface area contributed by atoms with Gasteiger partial charge in [-0.05, 0) is 23.2 Å². The Morgan fingerprint density at radius 2 is 1.84 bits per heavy atom. The third kappa shape index (κ3) is 3.96. The van der Waals surface area contributed by atoms with Crippen molar-refractivity contribution >= 4 is 40.9 Å². The molecule has 1 heterocycles. The van der Waals surface area contributed by atoms with Crippen LogP contribution in [0.3, 0.4) is 0 Å². The molecule has 0 N–H and O–H groups in total. The predicted molar refractivity (Wildman–Crippen MR) is 80.2 cm³/mol. The number of aromatic nitrogens is 3. The van der Waals surface area contributed by atoms with Gasteiger partial charge in [0.2, 0.25) is 11.2 Å². The molecule has 0 spiro atoms. The molecule has 0 bridgehead atoms. The molecule has 19 heavy (non-hydrogen) atoms. The lowest BCUT2D eigenvalue weighted by molar-refractivity contribution is 0.865. The SMILES string of the molecule is CN(C)c1nc(Cl)nc(SCc2ccccc2Cl)n1. The first-order valence-electron chi connectivity index (χ1n) is 5.51. The summed E-state index contributed by atoms with van der Waals surface area (Å²) >= 11 is 13.5. The summed E-state index contributed by atoms with van der Waals surface area (Å²) in [5.41, 5.74) is 1.04. The quantitative estimate of drug-likeness (QED) is 0.807. The normalized spacial score (nSPS) is 10.5. The lowest BCUT2D eigenvalue weighted by Gasteiger charge is -2.10. The third-order valence-electron chi connectivity index (χ3n) is 2.29. The molecule has 0 aliphatic heterocycles. The van der Waals surface area contributed by atoms with Crippen molar-refractivity contribution in [1.82, 2.24) is 15.0 Å². The summed E-state index contributed by atoms with van der Waals surface area (Å²) in [5, 5.41) is 1.52. The molecular weight excluding hydrogens is 303 g/mol. The maximum Gasteiger partial charge on any atom is 0.230 e. The Balaban J connectivity index is 2.14. The summed E-state index contributed by atoms with van der Waals surface area (Å²) in [6.07, 6.45) is 0. The number of halogens is 2. The molecule has 100 valence electrons. The van der Waals surface area contributed by atoms with Gasteiger partial charge in [0.25, 0.3) is 0 Å². The molecule has 0 unspecified atom stereocenters. The molecule has 0 fully saturated rings. The average molecular weight is 315 g/mol. The Morgan fingerprint density at radius 3 is 2.53 bits per heavy atom. The molecule has 1 aromatic heterocycles. The summed E-state index contributed by atoms with van der Waals surface area (Å²) in [5.74, 6) is 1.23. The van der Waals surface area contributed by atoms with E-state index in [0.29, 0.717) is 16.9 Å². The van der Waals surface area contributed by atoms with Crippen molar-refractivity contribution in [3.63, 3.8) is 0 Å². The first kappa shape index (κ1) is 14.4. The third-order valence-corrected chi connectivity index (χ3v) is 3.72. The van der Waals surface area contributed by atoms with Crippen molar-refractivity contribution in [3.8, 4) is 0 Å². The number of nitrogens with zero attached hydrogens (tertiary/aromatic N) is 4. The van der Waals surface area contributed by atoms with Gasteiger partial charge in [-0.1, -0.05) is 41.6 Å². The maximum absolute atomic E-state index is 6.10. The Bertz CT molecular complexity index is 577. The smallest absolute Gasteiger partial charge is 0.230 e. The van der Waals surface area contributed by atoms with E-state index in [2.05, 4.69) is 15.0 Å². The molecule has 0 saturated carbocycles. The zero-order valence-corrected chi connectivity index (χ0v) is 12.8. The predicted octanol–water partition coefficient (Wildman–Crippen LogP) is 3.54. The second kappa shape index (κ2) is 6.41. The van der Waals surface area contributed by atoms with Gasteiger partial charge in [0, 0.05) is 24.9 Å². The molecule has 2 aromatic rings. The van der Waals surface area contributed by atoms with Gasteiger partial charge >= 0.3 is 0 Å². The van der Waals surface area contributed by atoms with Crippen molar-refractivity contribution in [1.29, 1.82) is 0 Å². The minimum atomic E-state index is 0.195. The Hall–Kier alpha value is -1.04. The van der Waals surface area contributed by atoms with Gasteiger partial charge in [0.1, 0.15) is 0 Å². The van der Waals surface area contributed by atoms with Crippen LogP contribution in [0.25, 0.3) is 0 Å². The number of hydrogen-bond donors (Lipinski definition) is 0. The standard InChI is InChI=1S/C12H12Cl2N4S/c1-18(2)11-15-10(14)16-12(17-11)19-7-8-5-3-4-6-9(8)13/h3-6H,7H2,1-2H3. The number of thioether (sulfide) groups is 1. The van der Waals surface area contributed by atoms with Crippen molar-refractivity contribution in [2.75, 3.05) is 19.0 Å². The van der Waals surface area contributed by atoms with Gasteiger partial charge < -0.3 is 4.90 Å². The van der Waals surface area contributed by atoms with Crippen LogP contribution in [0.2, 0.25) is 10.3 Å². The van der Waals surface area contributed by atoms with Crippen LogP contribution in [0.1, 0.15) is 5.56 Å². The van der Waals surface area contributed by atoms with Gasteiger partial charge in [-0.2, -0.15) is 15.0 Å². The largest absolute Gasteiger partial charge is 0.347 e. The lowest BCUT2D eigenvalue weighted by Crippen LogP contribution is -2.13. The van der Waals surface area contributed by atoms with E-state index in [0.717, 1.165) is 10.6 Å². The lowest BCUT2D eigenvalue weighted by atomic mass is 10.2. The highest BCUT2D eigenvalue weighted by molar-refractivity contribution is 7.98. The van der Waals surface area contributed by atoms with E-state index in [4.69, 9.17) is 23.2 Å². The number of rotatable bonds is 4. The summed E-state index contributed by atoms with van der Waals surface area (Å²) in [7, 11) is 3.71. The molecule has 7 heteroatoms. The first-order valence-corrected chi connectivity index (χ1v) is 7.25. The fraction of sp³-hybridized carbons (Fsp3) is 0.250. The van der Waals surface area contributed by atoms with Gasteiger partial charge in [-0.25, -0.2) is 0 Å². The van der Waals surface area contributed by atoms with Gasteiger partial charge in [0.05, 0.1) is 0 Å². The minimum absolute atomic E-state index is 0.195. The van der Waals surface area contributed by atoms with E-state index in [1.54, 1.807) is 4.90 Å². The first-order chi connectivity index (χ1) is 9.06. The fourth-order valence-corrected chi connectivity index (χ4v) is 2.67. The van der Waals surface area contributed by atoms with E-state index in [1.165, 1.54) is 11.8 Å². The van der Waals surface area contributed by atoms with Crippen LogP contribution in [0.5, 0.6) is 0 Å². The second-order valence-electron chi connectivity index (χ2n) is 3.96. The number of hydrogen-bond acceptors (Lipinski definition) is 5. The van der Waals surface area contributed by atoms with Crippen molar-refractivity contribution < 1.29 is 0 Å². The topological polar surface area (TPSA) is 41.9 Å². The van der Waals surface area contributed by atoms with E-state index in [-0.39, 0.29) is 5.28 Å². The van der Waals surface area contributed by atoms with E-state index < -0.39 is 0 Å². The second-order valence-corrected chi connectivity index (χ2v) is 5.65. The summed E-state index contributed by atoms with van der Waals surface area (Å²) < 4.78 is 0. The minimum Gasteiger partial charge on any atom is -0.347 e. The molecular formula is C12H12Cl2N4S. The van der Waals surface area contributed by atoms with E-state index >= 15 is 0 Å². The highest BCUT2D eigenvalue weighted by Gasteiger charge is 2.08. The van der Waals surface area contributed by atoms with Gasteiger partial charge in [-0.3, -0.25) is 0 Å². The number of anilines is 1. The van der Waals surface area contributed by atoms with Crippen LogP contribution < -0.4 is 4.90 Å². The van der Waals surface area contributed by atoms with E-state index in [9.17, 15) is 0 Å². The zero-order valence-electron chi connectivity index (χ0n) is 10.5. The highest BCUT2D eigenvalue weighted by atomic mass is 35.5. The van der Waals surface area contributed by atoms with Crippen LogP contribution >= 0.6 is 35.0 Å². The molecule has 4 nitrogen and oxygen atoms in total. The van der Waals surface area contributed by atoms with Gasteiger partial charge in [-0.15, -0.1) is 0 Å². The molecule has 0 amide bonds. The molecule has 0 aliphatic rings. The average Bonchev–Trinajstić information content (AvgIpc) is 2.37. The molecule has 0 saturated heterocycles. The zero-order chi connectivity index (χ0) is 13.8. The number of benzene rings is 1. The van der Waals surface area contributed by atoms with Crippen molar-refractivity contribution in [2.24, 2.45) is 0 Å².